The number of likely N-dealkylation sites (tertiary alicyclic amines) is 1. The molecular weight excluding hydrogens is 412 g/mol. The molecule has 7 heteroatoms. The highest BCUT2D eigenvalue weighted by atomic mass is 79.9. The van der Waals surface area contributed by atoms with Gasteiger partial charge in [0.05, 0.1) is 17.7 Å². The minimum Gasteiger partial charge on any atom is -0.480 e. The molecule has 2 saturated heterocycles. The van der Waals surface area contributed by atoms with Crippen molar-refractivity contribution in [3.8, 4) is 5.75 Å². The molecule has 148 valence electrons. The maximum absolute atomic E-state index is 12.7. The lowest BCUT2D eigenvalue weighted by atomic mass is 9.95. The molecule has 0 aliphatic carbocycles. The molecule has 2 aliphatic rings. The van der Waals surface area contributed by atoms with Crippen molar-refractivity contribution in [2.24, 2.45) is 5.92 Å². The highest BCUT2D eigenvalue weighted by Gasteiger charge is 2.32. The number of morpholine rings is 1. The van der Waals surface area contributed by atoms with Gasteiger partial charge in [-0.05, 0) is 60.3 Å². The number of halogens is 1. The molecule has 3 rings (SSSR count). The lowest BCUT2D eigenvalue weighted by Crippen LogP contribution is -2.49. The summed E-state index contributed by atoms with van der Waals surface area (Å²) in [5.41, 5.74) is 1.13. The molecule has 2 aliphatic heterocycles. The molecule has 0 bridgehead atoms. The zero-order valence-corrected chi connectivity index (χ0v) is 17.5. The van der Waals surface area contributed by atoms with Gasteiger partial charge in [0.1, 0.15) is 5.75 Å². The third-order valence-electron chi connectivity index (χ3n) is 5.22. The molecule has 0 saturated carbocycles. The summed E-state index contributed by atoms with van der Waals surface area (Å²) >= 11 is 3.48. The molecule has 2 heterocycles. The molecule has 0 N–H and O–H groups in total. The predicted octanol–water partition coefficient (Wildman–Crippen LogP) is 2.62. The summed E-state index contributed by atoms with van der Waals surface area (Å²) in [4.78, 5) is 29.0. The van der Waals surface area contributed by atoms with Crippen molar-refractivity contribution >= 4 is 27.7 Å². The Balaban J connectivity index is 1.50. The topological polar surface area (TPSA) is 59.1 Å². The van der Waals surface area contributed by atoms with Crippen molar-refractivity contribution in [1.29, 1.82) is 0 Å². The van der Waals surface area contributed by atoms with E-state index in [0.29, 0.717) is 58.0 Å². The number of piperidine rings is 1. The van der Waals surface area contributed by atoms with Crippen LogP contribution < -0.4 is 4.74 Å². The van der Waals surface area contributed by atoms with E-state index < -0.39 is 6.10 Å². The Bertz CT molecular complexity index is 683. The van der Waals surface area contributed by atoms with Crippen LogP contribution in [-0.4, -0.2) is 67.1 Å². The van der Waals surface area contributed by atoms with Crippen LogP contribution in [0, 0.1) is 12.8 Å². The van der Waals surface area contributed by atoms with Gasteiger partial charge in [0.25, 0.3) is 5.91 Å². The van der Waals surface area contributed by atoms with Gasteiger partial charge in [-0.15, -0.1) is 0 Å². The molecule has 1 atom stereocenters. The summed E-state index contributed by atoms with van der Waals surface area (Å²) < 4.78 is 12.0. The van der Waals surface area contributed by atoms with Crippen LogP contribution in [0.2, 0.25) is 0 Å². The Labute approximate surface area is 168 Å². The quantitative estimate of drug-likeness (QED) is 0.724. The van der Waals surface area contributed by atoms with E-state index in [9.17, 15) is 9.59 Å². The molecule has 1 aromatic carbocycles. The molecule has 0 spiro atoms. The first-order valence-corrected chi connectivity index (χ1v) is 10.3. The number of amides is 2. The highest BCUT2D eigenvalue weighted by molar-refractivity contribution is 9.10. The predicted molar refractivity (Wildman–Crippen MR) is 106 cm³/mol. The first-order valence-electron chi connectivity index (χ1n) is 9.54. The lowest BCUT2D eigenvalue weighted by molar-refractivity contribution is -0.145. The monoisotopic (exact) mass is 438 g/mol. The van der Waals surface area contributed by atoms with Crippen LogP contribution in [-0.2, 0) is 14.3 Å². The summed E-state index contributed by atoms with van der Waals surface area (Å²) in [6.07, 6.45) is 0.863. The van der Waals surface area contributed by atoms with Crippen LogP contribution >= 0.6 is 15.9 Å². The van der Waals surface area contributed by atoms with Gasteiger partial charge in [-0.25, -0.2) is 0 Å². The van der Waals surface area contributed by atoms with Crippen LogP contribution in [0.15, 0.2) is 22.7 Å². The van der Waals surface area contributed by atoms with E-state index in [4.69, 9.17) is 9.47 Å². The van der Waals surface area contributed by atoms with E-state index in [2.05, 4.69) is 15.9 Å². The van der Waals surface area contributed by atoms with Gasteiger partial charge in [-0.3, -0.25) is 9.59 Å². The molecule has 0 aromatic heterocycles. The SMILES string of the molecule is Cc1ccc(OC(C)C(=O)N2CCC(C(=O)N3CCOCC3)CC2)c(Br)c1. The first-order chi connectivity index (χ1) is 13.0. The van der Waals surface area contributed by atoms with Gasteiger partial charge in [0.15, 0.2) is 6.10 Å². The number of carbonyl (C=O) groups excluding carboxylic acids is 2. The molecule has 0 radical (unpaired) electrons. The first kappa shape index (κ1) is 20.1. The average Bonchev–Trinajstić information content (AvgIpc) is 2.69. The maximum Gasteiger partial charge on any atom is 0.263 e. The molecule has 2 fully saturated rings. The minimum absolute atomic E-state index is 0.00891. The van der Waals surface area contributed by atoms with Gasteiger partial charge in [0.2, 0.25) is 5.91 Å². The van der Waals surface area contributed by atoms with Crippen LogP contribution in [0.1, 0.15) is 25.3 Å². The number of benzene rings is 1. The Hall–Kier alpha value is -1.60. The third kappa shape index (κ3) is 5.02. The van der Waals surface area contributed by atoms with E-state index in [1.165, 1.54) is 0 Å². The van der Waals surface area contributed by atoms with Gasteiger partial charge in [0, 0.05) is 32.1 Å². The summed E-state index contributed by atoms with van der Waals surface area (Å²) in [5, 5.41) is 0. The normalized spacial score (nSPS) is 19.7. The minimum atomic E-state index is -0.560. The fourth-order valence-corrected chi connectivity index (χ4v) is 4.17. The number of nitrogens with zero attached hydrogens (tertiary/aromatic N) is 2. The van der Waals surface area contributed by atoms with Crippen molar-refractivity contribution in [3.63, 3.8) is 0 Å². The van der Waals surface area contributed by atoms with Gasteiger partial charge < -0.3 is 19.3 Å². The average molecular weight is 439 g/mol. The second kappa shape index (κ2) is 9.06. The highest BCUT2D eigenvalue weighted by Crippen LogP contribution is 2.27. The molecular formula is C20H27BrN2O4. The summed E-state index contributed by atoms with van der Waals surface area (Å²) in [5.74, 6) is 0.853. The Morgan fingerprint density at radius 1 is 1.15 bits per heavy atom. The van der Waals surface area contributed by atoms with Crippen LogP contribution in [0.3, 0.4) is 0 Å². The summed E-state index contributed by atoms with van der Waals surface area (Å²) in [7, 11) is 0. The zero-order chi connectivity index (χ0) is 19.4. The summed E-state index contributed by atoms with van der Waals surface area (Å²) in [6, 6.07) is 5.80. The van der Waals surface area contributed by atoms with E-state index in [1.54, 1.807) is 6.92 Å². The fourth-order valence-electron chi connectivity index (χ4n) is 3.59. The number of carbonyl (C=O) groups is 2. The zero-order valence-electron chi connectivity index (χ0n) is 15.9. The van der Waals surface area contributed by atoms with Crippen molar-refractivity contribution in [1.82, 2.24) is 9.80 Å². The van der Waals surface area contributed by atoms with E-state index >= 15 is 0 Å². The smallest absolute Gasteiger partial charge is 0.263 e. The van der Waals surface area contributed by atoms with Gasteiger partial charge >= 0.3 is 0 Å². The van der Waals surface area contributed by atoms with Crippen molar-refractivity contribution in [3.05, 3.63) is 28.2 Å². The number of ether oxygens (including phenoxy) is 2. The van der Waals surface area contributed by atoms with E-state index in [0.717, 1.165) is 10.0 Å². The number of hydrogen-bond acceptors (Lipinski definition) is 4. The number of aryl methyl sites for hydroxylation is 1. The molecule has 6 nitrogen and oxygen atoms in total. The van der Waals surface area contributed by atoms with Crippen LogP contribution in [0.25, 0.3) is 0 Å². The third-order valence-corrected chi connectivity index (χ3v) is 5.84. The Kier molecular flexibility index (Phi) is 6.76. The van der Waals surface area contributed by atoms with Gasteiger partial charge in [-0.1, -0.05) is 6.07 Å². The molecule has 2 amide bonds. The number of rotatable bonds is 4. The molecule has 1 unspecified atom stereocenters. The second-order valence-electron chi connectivity index (χ2n) is 7.23. The van der Waals surface area contributed by atoms with E-state index in [-0.39, 0.29) is 17.7 Å². The van der Waals surface area contributed by atoms with Crippen molar-refractivity contribution in [2.75, 3.05) is 39.4 Å². The van der Waals surface area contributed by atoms with Crippen molar-refractivity contribution in [2.45, 2.75) is 32.8 Å². The Morgan fingerprint density at radius 3 is 2.44 bits per heavy atom. The molecule has 1 aromatic rings. The second-order valence-corrected chi connectivity index (χ2v) is 8.09. The maximum atomic E-state index is 12.7. The Morgan fingerprint density at radius 2 is 1.81 bits per heavy atom. The van der Waals surface area contributed by atoms with Crippen molar-refractivity contribution < 1.29 is 19.1 Å². The lowest BCUT2D eigenvalue weighted by Gasteiger charge is -2.36. The van der Waals surface area contributed by atoms with Crippen LogP contribution in [0.5, 0.6) is 5.75 Å². The van der Waals surface area contributed by atoms with E-state index in [1.807, 2.05) is 34.9 Å². The number of hydrogen-bond donors (Lipinski definition) is 0. The molecule has 27 heavy (non-hydrogen) atoms. The van der Waals surface area contributed by atoms with Gasteiger partial charge in [-0.2, -0.15) is 0 Å². The largest absolute Gasteiger partial charge is 0.480 e. The standard InChI is InChI=1S/C20H27BrN2O4/c1-14-3-4-18(17(21)13-14)27-15(2)19(24)22-7-5-16(6-8-22)20(25)23-9-11-26-12-10-23/h3-4,13,15-16H,5-12H2,1-2H3. The summed E-state index contributed by atoms with van der Waals surface area (Å²) in [6.45, 7) is 7.57. The van der Waals surface area contributed by atoms with Crippen LogP contribution in [0.4, 0.5) is 0 Å². The fraction of sp³-hybridized carbons (Fsp3) is 0.600.